The van der Waals surface area contributed by atoms with Crippen LogP contribution in [0.5, 0.6) is 0 Å². The van der Waals surface area contributed by atoms with Gasteiger partial charge in [0.15, 0.2) is 0 Å². The molecule has 0 spiro atoms. The third-order valence-corrected chi connectivity index (χ3v) is 4.51. The number of carboxylic acid groups (broad SMARTS) is 1. The van der Waals surface area contributed by atoms with E-state index in [2.05, 4.69) is 5.32 Å². The molecule has 1 atom stereocenters. The molecule has 1 saturated heterocycles. The number of ether oxygens (including phenoxy) is 1. The molecule has 1 aliphatic rings. The van der Waals surface area contributed by atoms with E-state index in [1.54, 1.807) is 6.92 Å². The number of benzene rings is 1. The second-order valence-corrected chi connectivity index (χ2v) is 6.25. The van der Waals surface area contributed by atoms with Gasteiger partial charge in [-0.1, -0.05) is 13.0 Å². The number of carbonyl (C=O) groups excluding carboxylic acids is 1. The SMILES string of the molecule is CC(CC(=O)NCC1(C(=O)O)CCOCC1)c1ccc(F)cc1F. The van der Waals surface area contributed by atoms with Crippen molar-refractivity contribution in [3.05, 3.63) is 35.4 Å². The first-order valence-electron chi connectivity index (χ1n) is 7.87. The molecular weight excluding hydrogens is 320 g/mol. The van der Waals surface area contributed by atoms with E-state index in [1.165, 1.54) is 6.07 Å². The molecule has 0 radical (unpaired) electrons. The van der Waals surface area contributed by atoms with Crippen molar-refractivity contribution in [1.82, 2.24) is 5.32 Å². The lowest BCUT2D eigenvalue weighted by molar-refractivity contribution is -0.154. The summed E-state index contributed by atoms with van der Waals surface area (Å²) in [5.41, 5.74) is -0.760. The summed E-state index contributed by atoms with van der Waals surface area (Å²) in [5.74, 6) is -3.12. The van der Waals surface area contributed by atoms with E-state index < -0.39 is 28.9 Å². The van der Waals surface area contributed by atoms with Gasteiger partial charge in [0.1, 0.15) is 11.6 Å². The summed E-state index contributed by atoms with van der Waals surface area (Å²) in [4.78, 5) is 23.6. The second-order valence-electron chi connectivity index (χ2n) is 6.25. The third kappa shape index (κ3) is 4.29. The molecule has 24 heavy (non-hydrogen) atoms. The van der Waals surface area contributed by atoms with Crippen LogP contribution in [0.3, 0.4) is 0 Å². The maximum Gasteiger partial charge on any atom is 0.311 e. The number of carbonyl (C=O) groups is 2. The van der Waals surface area contributed by atoms with Crippen LogP contribution in [0.1, 0.15) is 37.7 Å². The van der Waals surface area contributed by atoms with Crippen molar-refractivity contribution in [2.24, 2.45) is 5.41 Å². The quantitative estimate of drug-likeness (QED) is 0.833. The number of halogens is 2. The number of amides is 1. The van der Waals surface area contributed by atoms with E-state index >= 15 is 0 Å². The number of carboxylic acids is 1. The highest BCUT2D eigenvalue weighted by atomic mass is 19.1. The Morgan fingerprint density at radius 1 is 1.33 bits per heavy atom. The highest BCUT2D eigenvalue weighted by Gasteiger charge is 2.40. The first-order chi connectivity index (χ1) is 11.3. The summed E-state index contributed by atoms with van der Waals surface area (Å²) in [7, 11) is 0. The molecule has 0 bridgehead atoms. The fraction of sp³-hybridized carbons (Fsp3) is 0.529. The smallest absolute Gasteiger partial charge is 0.311 e. The molecule has 5 nitrogen and oxygen atoms in total. The Labute approximate surface area is 139 Å². The lowest BCUT2D eigenvalue weighted by atomic mass is 9.80. The largest absolute Gasteiger partial charge is 0.481 e. The molecule has 0 aliphatic carbocycles. The second kappa shape index (κ2) is 7.70. The topological polar surface area (TPSA) is 75.6 Å². The molecule has 2 N–H and O–H groups in total. The van der Waals surface area contributed by atoms with Crippen molar-refractivity contribution in [1.29, 1.82) is 0 Å². The molecule has 1 amide bonds. The number of aliphatic carboxylic acids is 1. The van der Waals surface area contributed by atoms with E-state index in [0.717, 1.165) is 12.1 Å². The van der Waals surface area contributed by atoms with Crippen LogP contribution in [0.4, 0.5) is 8.78 Å². The standard InChI is InChI=1S/C17H21F2NO4/c1-11(13-3-2-12(18)9-14(13)19)8-15(21)20-10-17(16(22)23)4-6-24-7-5-17/h2-3,9,11H,4-8,10H2,1H3,(H,20,21)(H,22,23). The zero-order valence-electron chi connectivity index (χ0n) is 13.5. The molecule has 1 heterocycles. The Bertz CT molecular complexity index is 615. The van der Waals surface area contributed by atoms with Crippen LogP contribution in [0.15, 0.2) is 18.2 Å². The first-order valence-corrected chi connectivity index (χ1v) is 7.87. The average Bonchev–Trinajstić information content (AvgIpc) is 2.53. The summed E-state index contributed by atoms with van der Waals surface area (Å²) >= 11 is 0. The van der Waals surface area contributed by atoms with Gasteiger partial charge >= 0.3 is 5.97 Å². The summed E-state index contributed by atoms with van der Waals surface area (Å²) in [6.45, 7) is 2.37. The van der Waals surface area contributed by atoms with Gasteiger partial charge in [-0.15, -0.1) is 0 Å². The van der Waals surface area contributed by atoms with Gasteiger partial charge in [-0.2, -0.15) is 0 Å². The van der Waals surface area contributed by atoms with Crippen molar-refractivity contribution in [3.8, 4) is 0 Å². The molecule has 1 unspecified atom stereocenters. The molecule has 132 valence electrons. The number of nitrogens with one attached hydrogen (secondary N) is 1. The van der Waals surface area contributed by atoms with Gasteiger partial charge in [0.05, 0.1) is 5.41 Å². The molecule has 2 rings (SSSR count). The summed E-state index contributed by atoms with van der Waals surface area (Å²) in [6, 6.07) is 3.25. The summed E-state index contributed by atoms with van der Waals surface area (Å²) in [6.07, 6.45) is 0.671. The van der Waals surface area contributed by atoms with Crippen molar-refractivity contribution < 1.29 is 28.2 Å². The van der Waals surface area contributed by atoms with Crippen LogP contribution in [0, 0.1) is 17.0 Å². The first kappa shape index (κ1) is 18.3. The predicted octanol–water partition coefficient (Wildman–Crippen LogP) is 2.46. The molecule has 1 fully saturated rings. The third-order valence-electron chi connectivity index (χ3n) is 4.51. The molecule has 1 aromatic carbocycles. The fourth-order valence-corrected chi connectivity index (χ4v) is 2.86. The lowest BCUT2D eigenvalue weighted by Crippen LogP contribution is -2.46. The minimum absolute atomic E-state index is 0.00521. The Hall–Kier alpha value is -2.02. The van der Waals surface area contributed by atoms with Gasteiger partial charge in [0, 0.05) is 32.2 Å². The monoisotopic (exact) mass is 341 g/mol. The van der Waals surface area contributed by atoms with E-state index in [9.17, 15) is 23.5 Å². The summed E-state index contributed by atoms with van der Waals surface area (Å²) < 4.78 is 31.8. The minimum Gasteiger partial charge on any atom is -0.481 e. The van der Waals surface area contributed by atoms with Gasteiger partial charge in [-0.3, -0.25) is 9.59 Å². The molecular formula is C17H21F2NO4. The van der Waals surface area contributed by atoms with Crippen molar-refractivity contribution in [2.45, 2.75) is 32.1 Å². The maximum atomic E-state index is 13.7. The molecule has 7 heteroatoms. The summed E-state index contributed by atoms with van der Waals surface area (Å²) in [5, 5.41) is 12.1. The van der Waals surface area contributed by atoms with Gasteiger partial charge < -0.3 is 15.2 Å². The van der Waals surface area contributed by atoms with Gasteiger partial charge in [0.25, 0.3) is 0 Å². The van der Waals surface area contributed by atoms with Crippen LogP contribution >= 0.6 is 0 Å². The van der Waals surface area contributed by atoms with Crippen molar-refractivity contribution >= 4 is 11.9 Å². The Balaban J connectivity index is 1.93. The Morgan fingerprint density at radius 3 is 2.58 bits per heavy atom. The van der Waals surface area contributed by atoms with E-state index in [-0.39, 0.29) is 24.4 Å². The van der Waals surface area contributed by atoms with E-state index in [0.29, 0.717) is 26.1 Å². The highest BCUT2D eigenvalue weighted by molar-refractivity contribution is 5.79. The molecule has 1 aromatic rings. The van der Waals surface area contributed by atoms with Gasteiger partial charge in [0.2, 0.25) is 5.91 Å². The van der Waals surface area contributed by atoms with Crippen LogP contribution in [0.2, 0.25) is 0 Å². The van der Waals surface area contributed by atoms with Crippen molar-refractivity contribution in [2.75, 3.05) is 19.8 Å². The van der Waals surface area contributed by atoms with Crippen LogP contribution in [0.25, 0.3) is 0 Å². The highest BCUT2D eigenvalue weighted by Crippen LogP contribution is 2.30. The normalized spacial score (nSPS) is 18.0. The lowest BCUT2D eigenvalue weighted by Gasteiger charge is -2.33. The minimum atomic E-state index is -1.02. The molecule has 1 aliphatic heterocycles. The Kier molecular flexibility index (Phi) is 5.88. The van der Waals surface area contributed by atoms with E-state index in [4.69, 9.17) is 4.74 Å². The average molecular weight is 341 g/mol. The number of hydrogen-bond donors (Lipinski definition) is 2. The number of hydrogen-bond acceptors (Lipinski definition) is 3. The zero-order valence-corrected chi connectivity index (χ0v) is 13.5. The fourth-order valence-electron chi connectivity index (χ4n) is 2.86. The van der Waals surface area contributed by atoms with E-state index in [1.807, 2.05) is 0 Å². The van der Waals surface area contributed by atoms with Crippen LogP contribution in [-0.4, -0.2) is 36.7 Å². The van der Waals surface area contributed by atoms with Crippen LogP contribution < -0.4 is 5.32 Å². The van der Waals surface area contributed by atoms with Gasteiger partial charge in [-0.25, -0.2) is 8.78 Å². The van der Waals surface area contributed by atoms with Crippen LogP contribution in [-0.2, 0) is 14.3 Å². The molecule has 0 saturated carbocycles. The maximum absolute atomic E-state index is 13.7. The number of rotatable bonds is 6. The molecule has 0 aromatic heterocycles. The zero-order chi connectivity index (χ0) is 17.7. The van der Waals surface area contributed by atoms with Crippen molar-refractivity contribution in [3.63, 3.8) is 0 Å². The van der Waals surface area contributed by atoms with Gasteiger partial charge in [-0.05, 0) is 30.4 Å². The predicted molar refractivity (Wildman–Crippen MR) is 82.5 cm³/mol. The Morgan fingerprint density at radius 2 is 2.00 bits per heavy atom.